The topological polar surface area (TPSA) is 160 Å². The molecule has 2 aromatic carbocycles. The van der Waals surface area contributed by atoms with Crippen molar-refractivity contribution in [2.24, 2.45) is 0 Å². The van der Waals surface area contributed by atoms with Crippen molar-refractivity contribution in [2.45, 2.75) is 29.9 Å². The number of hydrogen-bond donors (Lipinski definition) is 5. The molecule has 154 valence electrons. The van der Waals surface area contributed by atoms with Gasteiger partial charge < -0.3 is 25.5 Å². The maximum atomic E-state index is 11.3. The molecular weight excluding hydrogens is 415 g/mol. The third-order valence-corrected chi connectivity index (χ3v) is 7.39. The molecule has 14 heteroatoms. The highest BCUT2D eigenvalue weighted by Crippen LogP contribution is 2.69. The summed E-state index contributed by atoms with van der Waals surface area (Å²) in [6.45, 7) is 0.906. The molecule has 4 unspecified atom stereocenters. The molecule has 4 radical (unpaired) electrons. The largest absolute Gasteiger partial charge is 0.362 e. The number of nitro benzene ring substituents is 1. The van der Waals surface area contributed by atoms with Crippen LogP contribution in [0.5, 0.6) is 0 Å². The zero-order chi connectivity index (χ0) is 22.3. The molecule has 0 bridgehead atoms. The third kappa shape index (κ3) is 3.14. The normalized spacial score (nSPS) is 28.5. The molecule has 0 saturated carbocycles. The second-order valence-electron chi connectivity index (χ2n) is 7.37. The molecule has 2 aliphatic rings. The van der Waals surface area contributed by atoms with E-state index >= 15 is 0 Å². The number of benzene rings is 2. The minimum absolute atomic E-state index is 0.127. The molecule has 2 saturated heterocycles. The Morgan fingerprint density at radius 3 is 2.17 bits per heavy atom. The Hall–Kier alpha value is -1.66. The smallest absolute Gasteiger partial charge is 0.277 e. The third-order valence-electron chi connectivity index (χ3n) is 5.04. The molecule has 30 heavy (non-hydrogen) atoms. The van der Waals surface area contributed by atoms with Gasteiger partial charge in [0.1, 0.15) is 0 Å². The SMILES string of the molecule is [B]C1([B])N(P(OC(C)(O)c2ccc([N+](=O)[O-])c3ccccc23)N2CC2(O)O)C1(O)O. The summed E-state index contributed by atoms with van der Waals surface area (Å²) in [7, 11) is 8.80. The van der Waals surface area contributed by atoms with Gasteiger partial charge in [-0.1, -0.05) is 18.2 Å². The summed E-state index contributed by atoms with van der Waals surface area (Å²) in [5.74, 6) is -7.19. The van der Waals surface area contributed by atoms with Crippen LogP contribution < -0.4 is 0 Å². The Bertz CT molecular complexity index is 1040. The second-order valence-corrected chi connectivity index (χ2v) is 8.94. The molecule has 5 N–H and O–H groups in total. The predicted molar refractivity (Wildman–Crippen MR) is 105 cm³/mol. The maximum Gasteiger partial charge on any atom is 0.277 e. The minimum atomic E-state index is -2.72. The number of β-amino-alcohol motifs (C(OH)–C–C–N with tert-alkyl or cyclic N) is 2. The number of nitro groups is 1. The van der Waals surface area contributed by atoms with Gasteiger partial charge in [0, 0.05) is 17.0 Å². The van der Waals surface area contributed by atoms with Gasteiger partial charge in [0.15, 0.2) is 14.2 Å². The monoisotopic (exact) mass is 431 g/mol. The first-order chi connectivity index (χ1) is 13.7. The Morgan fingerprint density at radius 2 is 1.70 bits per heavy atom. The molecule has 0 aliphatic carbocycles. The fraction of sp³-hybridized carbons (Fsp3) is 0.375. The fourth-order valence-corrected chi connectivity index (χ4v) is 5.40. The highest BCUT2D eigenvalue weighted by molar-refractivity contribution is 7.48. The van der Waals surface area contributed by atoms with E-state index in [1.165, 1.54) is 25.1 Å². The van der Waals surface area contributed by atoms with Crippen molar-refractivity contribution in [2.75, 3.05) is 6.54 Å². The molecule has 2 aromatic rings. The predicted octanol–water partition coefficient (Wildman–Crippen LogP) is -0.945. The second kappa shape index (κ2) is 6.42. The summed E-state index contributed by atoms with van der Waals surface area (Å²) in [5, 5.41) is 60.4. The molecule has 0 aromatic heterocycles. The Balaban J connectivity index is 1.75. The van der Waals surface area contributed by atoms with Gasteiger partial charge in [0.2, 0.25) is 11.8 Å². The molecule has 0 amide bonds. The molecule has 4 rings (SSSR count). The van der Waals surface area contributed by atoms with Gasteiger partial charge in [-0.25, -0.2) is 0 Å². The maximum absolute atomic E-state index is 11.3. The summed E-state index contributed by atoms with van der Waals surface area (Å²) in [4.78, 5) is 10.8. The molecule has 2 aliphatic heterocycles. The summed E-state index contributed by atoms with van der Waals surface area (Å²) in [6, 6.07) is 8.78. The summed E-state index contributed by atoms with van der Waals surface area (Å²) < 4.78 is 7.30. The summed E-state index contributed by atoms with van der Waals surface area (Å²) in [5.41, 5.74) is -0.0517. The number of nitrogens with zero attached hydrogens (tertiary/aromatic N) is 3. The van der Waals surface area contributed by atoms with E-state index in [0.29, 0.717) is 10.1 Å². The number of rotatable bonds is 6. The number of aliphatic hydroxyl groups is 5. The van der Waals surface area contributed by atoms with E-state index in [2.05, 4.69) is 0 Å². The highest BCUT2D eigenvalue weighted by Gasteiger charge is 2.75. The molecule has 2 fully saturated rings. The number of non-ortho nitro benzene ring substituents is 1. The molecule has 0 spiro atoms. The average Bonchev–Trinajstić information content (AvgIpc) is 3.39. The van der Waals surface area contributed by atoms with Crippen molar-refractivity contribution in [3.8, 4) is 0 Å². The Labute approximate surface area is 174 Å². The standard InChI is InChI=1S/C16H16B2N3O8P/c1-13(22,11-6-7-12(20(27)28)10-5-3-2-4-9(10)11)29-30(19-8-14(19,23)24)21-15(17,18)16(21,25)26/h2-7,22-26H,8H2,1H3. The molecular formula is C16H16B2N3O8P. The van der Waals surface area contributed by atoms with Crippen LogP contribution in [0.3, 0.4) is 0 Å². The zero-order valence-electron chi connectivity index (χ0n) is 15.6. The van der Waals surface area contributed by atoms with Crippen LogP contribution in [-0.4, -0.2) is 79.2 Å². The van der Waals surface area contributed by atoms with E-state index in [1.807, 2.05) is 0 Å². The molecule has 2 heterocycles. The van der Waals surface area contributed by atoms with Crippen molar-refractivity contribution in [1.82, 2.24) is 9.34 Å². The fourth-order valence-electron chi connectivity index (χ4n) is 3.23. The van der Waals surface area contributed by atoms with Crippen LogP contribution in [0, 0.1) is 10.1 Å². The Kier molecular flexibility index (Phi) is 4.62. The quantitative estimate of drug-likeness (QED) is 0.0965. The van der Waals surface area contributed by atoms with Crippen molar-refractivity contribution < 1.29 is 35.0 Å². The summed E-state index contributed by atoms with van der Waals surface area (Å²) >= 11 is 0. The lowest BCUT2D eigenvalue weighted by atomic mass is 9.68. The van der Waals surface area contributed by atoms with E-state index in [-0.39, 0.29) is 23.2 Å². The first-order valence-corrected chi connectivity index (χ1v) is 9.81. The zero-order valence-corrected chi connectivity index (χ0v) is 16.5. The lowest BCUT2D eigenvalue weighted by Crippen LogP contribution is -2.29. The minimum Gasteiger partial charge on any atom is -0.362 e. The van der Waals surface area contributed by atoms with Gasteiger partial charge in [-0.3, -0.25) is 14.6 Å². The van der Waals surface area contributed by atoms with E-state index < -0.39 is 36.3 Å². The highest BCUT2D eigenvalue weighted by atomic mass is 31.2. The van der Waals surface area contributed by atoms with Gasteiger partial charge in [-0.05, 0) is 24.4 Å². The first kappa shape index (κ1) is 21.6. The van der Waals surface area contributed by atoms with Crippen molar-refractivity contribution in [1.29, 1.82) is 0 Å². The van der Waals surface area contributed by atoms with Gasteiger partial charge in [-0.15, -0.1) is 0 Å². The van der Waals surface area contributed by atoms with Gasteiger partial charge in [0.25, 0.3) is 5.69 Å². The van der Waals surface area contributed by atoms with Crippen LogP contribution in [0.4, 0.5) is 5.69 Å². The van der Waals surface area contributed by atoms with Crippen LogP contribution >= 0.6 is 8.45 Å². The van der Waals surface area contributed by atoms with E-state index in [0.717, 1.165) is 4.67 Å². The van der Waals surface area contributed by atoms with E-state index in [4.69, 9.17) is 20.2 Å². The van der Waals surface area contributed by atoms with Crippen LogP contribution in [-0.2, 0) is 10.3 Å². The van der Waals surface area contributed by atoms with Crippen molar-refractivity contribution >= 4 is 40.6 Å². The lowest BCUT2D eigenvalue weighted by molar-refractivity contribution is -0.383. The molecule has 11 nitrogen and oxygen atoms in total. The van der Waals surface area contributed by atoms with Crippen molar-refractivity contribution in [3.63, 3.8) is 0 Å². The average molecular weight is 431 g/mol. The van der Waals surface area contributed by atoms with Crippen molar-refractivity contribution in [3.05, 3.63) is 52.1 Å². The number of fused-ring (bicyclic) bond motifs is 1. The van der Waals surface area contributed by atoms with Gasteiger partial charge >= 0.3 is 0 Å². The summed E-state index contributed by atoms with van der Waals surface area (Å²) in [6.07, 6.45) is 0. The Morgan fingerprint density at radius 1 is 1.17 bits per heavy atom. The van der Waals surface area contributed by atoms with E-state index in [1.54, 1.807) is 18.2 Å². The van der Waals surface area contributed by atoms with Crippen LogP contribution in [0.2, 0.25) is 0 Å². The van der Waals surface area contributed by atoms with E-state index in [9.17, 15) is 35.6 Å². The lowest BCUT2D eigenvalue weighted by Gasteiger charge is -2.32. The van der Waals surface area contributed by atoms with Gasteiger partial charge in [-0.2, -0.15) is 9.34 Å². The van der Waals surface area contributed by atoms with Gasteiger partial charge in [0.05, 0.1) is 32.5 Å². The first-order valence-electron chi connectivity index (χ1n) is 8.65. The van der Waals surface area contributed by atoms with Crippen LogP contribution in [0.25, 0.3) is 10.8 Å². The number of hydrogen-bond acceptors (Lipinski definition) is 10. The van der Waals surface area contributed by atoms with Crippen LogP contribution in [0.15, 0.2) is 36.4 Å². The molecule has 4 atom stereocenters. The van der Waals surface area contributed by atoms with Crippen LogP contribution in [0.1, 0.15) is 12.5 Å².